The molecule has 2 fully saturated rings. The molecule has 1 saturated heterocycles. The van der Waals surface area contributed by atoms with Gasteiger partial charge in [0.05, 0.1) is 6.10 Å². The van der Waals surface area contributed by atoms with Gasteiger partial charge in [-0.15, -0.1) is 0 Å². The maximum atomic E-state index is 5.81. The lowest BCUT2D eigenvalue weighted by molar-refractivity contribution is 0.0224. The van der Waals surface area contributed by atoms with E-state index in [1.807, 2.05) is 0 Å². The summed E-state index contributed by atoms with van der Waals surface area (Å²) >= 11 is 0. The van der Waals surface area contributed by atoms with E-state index in [1.54, 1.807) is 0 Å². The average Bonchev–Trinajstić information content (AvgIpc) is 2.70. The fourth-order valence-electron chi connectivity index (χ4n) is 2.96. The highest BCUT2D eigenvalue weighted by Gasteiger charge is 2.33. The molecule has 3 atom stereocenters. The van der Waals surface area contributed by atoms with Gasteiger partial charge in [0.2, 0.25) is 0 Å². The van der Waals surface area contributed by atoms with Crippen LogP contribution in [0.5, 0.6) is 0 Å². The van der Waals surface area contributed by atoms with Gasteiger partial charge >= 0.3 is 0 Å². The Balaban J connectivity index is 1.93. The lowest BCUT2D eigenvalue weighted by Crippen LogP contribution is -2.34. The second-order valence-electron chi connectivity index (χ2n) is 4.50. The van der Waals surface area contributed by atoms with E-state index in [-0.39, 0.29) is 0 Å². The van der Waals surface area contributed by atoms with Crippen molar-refractivity contribution < 1.29 is 4.74 Å². The zero-order chi connectivity index (χ0) is 9.10. The van der Waals surface area contributed by atoms with Gasteiger partial charge < -0.3 is 10.5 Å². The van der Waals surface area contributed by atoms with Crippen molar-refractivity contribution in [1.29, 1.82) is 0 Å². The number of ether oxygens (including phenoxy) is 1. The van der Waals surface area contributed by atoms with Crippen molar-refractivity contribution in [3.8, 4) is 0 Å². The Morgan fingerprint density at radius 1 is 1.08 bits per heavy atom. The van der Waals surface area contributed by atoms with E-state index >= 15 is 0 Å². The van der Waals surface area contributed by atoms with Crippen LogP contribution in [0.1, 0.15) is 38.5 Å². The van der Waals surface area contributed by atoms with Gasteiger partial charge in [-0.2, -0.15) is 0 Å². The molecule has 3 unspecified atom stereocenters. The summed E-state index contributed by atoms with van der Waals surface area (Å²) in [5.74, 6) is 1.53. The van der Waals surface area contributed by atoms with Crippen LogP contribution in [0.2, 0.25) is 0 Å². The minimum atomic E-state index is 0.550. The predicted octanol–water partition coefficient (Wildman–Crippen LogP) is 1.93. The largest absolute Gasteiger partial charge is 0.378 e. The van der Waals surface area contributed by atoms with E-state index in [9.17, 15) is 0 Å². The first-order valence-corrected chi connectivity index (χ1v) is 5.73. The SMILES string of the molecule is NCC1CCCCC1C1CCCO1. The molecule has 2 rings (SSSR count). The number of hydrogen-bond acceptors (Lipinski definition) is 2. The summed E-state index contributed by atoms with van der Waals surface area (Å²) in [7, 11) is 0. The van der Waals surface area contributed by atoms with Gasteiger partial charge in [0.15, 0.2) is 0 Å². The van der Waals surface area contributed by atoms with Crippen molar-refractivity contribution in [2.45, 2.75) is 44.6 Å². The monoisotopic (exact) mass is 183 g/mol. The fourth-order valence-corrected chi connectivity index (χ4v) is 2.96. The number of hydrogen-bond donors (Lipinski definition) is 1. The smallest absolute Gasteiger partial charge is 0.0607 e. The quantitative estimate of drug-likeness (QED) is 0.710. The molecular weight excluding hydrogens is 162 g/mol. The summed E-state index contributed by atoms with van der Waals surface area (Å²) < 4.78 is 5.77. The first-order valence-electron chi connectivity index (χ1n) is 5.73. The molecule has 0 aromatic heterocycles. The normalized spacial score (nSPS) is 40.8. The van der Waals surface area contributed by atoms with E-state index < -0.39 is 0 Å². The van der Waals surface area contributed by atoms with Gasteiger partial charge in [0.25, 0.3) is 0 Å². The van der Waals surface area contributed by atoms with Crippen LogP contribution in [-0.2, 0) is 4.74 Å². The van der Waals surface area contributed by atoms with Crippen molar-refractivity contribution in [2.24, 2.45) is 17.6 Å². The fraction of sp³-hybridized carbons (Fsp3) is 1.00. The molecule has 2 aliphatic rings. The molecule has 76 valence electrons. The minimum Gasteiger partial charge on any atom is -0.378 e. The number of nitrogens with two attached hydrogens (primary N) is 1. The molecule has 13 heavy (non-hydrogen) atoms. The maximum Gasteiger partial charge on any atom is 0.0607 e. The maximum absolute atomic E-state index is 5.81. The van der Waals surface area contributed by atoms with Crippen LogP contribution in [0.4, 0.5) is 0 Å². The van der Waals surface area contributed by atoms with Crippen molar-refractivity contribution in [3.63, 3.8) is 0 Å². The van der Waals surface area contributed by atoms with Gasteiger partial charge in [-0.3, -0.25) is 0 Å². The zero-order valence-electron chi connectivity index (χ0n) is 8.37. The Hall–Kier alpha value is -0.0800. The van der Waals surface area contributed by atoms with Crippen LogP contribution in [0.3, 0.4) is 0 Å². The van der Waals surface area contributed by atoms with Gasteiger partial charge in [0.1, 0.15) is 0 Å². The Morgan fingerprint density at radius 3 is 2.62 bits per heavy atom. The van der Waals surface area contributed by atoms with Crippen molar-refractivity contribution in [3.05, 3.63) is 0 Å². The van der Waals surface area contributed by atoms with Crippen molar-refractivity contribution in [2.75, 3.05) is 13.2 Å². The molecular formula is C11H21NO. The van der Waals surface area contributed by atoms with E-state index in [0.717, 1.165) is 25.0 Å². The third kappa shape index (κ3) is 2.05. The summed E-state index contributed by atoms with van der Waals surface area (Å²) in [4.78, 5) is 0. The van der Waals surface area contributed by atoms with Crippen LogP contribution in [0, 0.1) is 11.8 Å². The standard InChI is InChI=1S/C11H21NO/c12-8-9-4-1-2-5-10(9)11-6-3-7-13-11/h9-11H,1-8,12H2. The van der Waals surface area contributed by atoms with E-state index in [2.05, 4.69) is 0 Å². The Kier molecular flexibility index (Phi) is 3.23. The minimum absolute atomic E-state index is 0.550. The summed E-state index contributed by atoms with van der Waals surface area (Å²) in [6.45, 7) is 1.85. The van der Waals surface area contributed by atoms with Crippen molar-refractivity contribution >= 4 is 0 Å². The van der Waals surface area contributed by atoms with Crippen LogP contribution in [-0.4, -0.2) is 19.3 Å². The Labute approximate surface area is 80.8 Å². The molecule has 1 aliphatic carbocycles. The molecule has 2 heteroatoms. The topological polar surface area (TPSA) is 35.2 Å². The Morgan fingerprint density at radius 2 is 1.92 bits per heavy atom. The first-order chi connectivity index (χ1) is 6.42. The van der Waals surface area contributed by atoms with Crippen LogP contribution in [0.15, 0.2) is 0 Å². The second kappa shape index (κ2) is 4.43. The van der Waals surface area contributed by atoms with Crippen LogP contribution < -0.4 is 5.73 Å². The summed E-state index contributed by atoms with van der Waals surface area (Å²) in [6.07, 6.45) is 8.55. The van der Waals surface area contributed by atoms with E-state index in [1.165, 1.54) is 38.5 Å². The van der Waals surface area contributed by atoms with E-state index in [4.69, 9.17) is 10.5 Å². The lowest BCUT2D eigenvalue weighted by Gasteiger charge is -2.34. The molecule has 2 nitrogen and oxygen atoms in total. The van der Waals surface area contributed by atoms with Gasteiger partial charge in [-0.25, -0.2) is 0 Å². The third-order valence-corrected chi connectivity index (χ3v) is 3.71. The van der Waals surface area contributed by atoms with Gasteiger partial charge in [-0.1, -0.05) is 12.8 Å². The molecule has 0 bridgehead atoms. The highest BCUT2D eigenvalue weighted by atomic mass is 16.5. The number of rotatable bonds is 2. The Bertz CT molecular complexity index is 152. The van der Waals surface area contributed by atoms with E-state index in [0.29, 0.717) is 6.10 Å². The molecule has 1 heterocycles. The first kappa shape index (κ1) is 9.47. The van der Waals surface area contributed by atoms with Gasteiger partial charge in [0, 0.05) is 6.61 Å². The molecule has 2 N–H and O–H groups in total. The highest BCUT2D eigenvalue weighted by Crippen LogP contribution is 2.36. The zero-order valence-corrected chi connectivity index (χ0v) is 8.37. The second-order valence-corrected chi connectivity index (χ2v) is 4.50. The predicted molar refractivity (Wildman–Crippen MR) is 53.5 cm³/mol. The molecule has 1 saturated carbocycles. The average molecular weight is 183 g/mol. The lowest BCUT2D eigenvalue weighted by atomic mass is 9.75. The molecule has 0 aromatic carbocycles. The molecule has 0 aromatic rings. The van der Waals surface area contributed by atoms with Crippen LogP contribution >= 0.6 is 0 Å². The summed E-state index contributed by atoms with van der Waals surface area (Å²) in [5, 5.41) is 0. The molecule has 0 amide bonds. The molecule has 0 radical (unpaired) electrons. The summed E-state index contributed by atoms with van der Waals surface area (Å²) in [6, 6.07) is 0. The van der Waals surface area contributed by atoms with Gasteiger partial charge in [-0.05, 0) is 44.1 Å². The van der Waals surface area contributed by atoms with Crippen LogP contribution in [0.25, 0.3) is 0 Å². The third-order valence-electron chi connectivity index (χ3n) is 3.71. The highest BCUT2D eigenvalue weighted by molar-refractivity contribution is 4.84. The summed E-state index contributed by atoms with van der Waals surface area (Å²) in [5.41, 5.74) is 5.81. The van der Waals surface area contributed by atoms with Crippen molar-refractivity contribution in [1.82, 2.24) is 0 Å². The molecule has 1 aliphatic heterocycles. The molecule has 0 spiro atoms.